The van der Waals surface area contributed by atoms with Crippen LogP contribution in [-0.4, -0.2) is 4.98 Å². The van der Waals surface area contributed by atoms with Gasteiger partial charge in [-0.15, -0.1) is 11.3 Å². The first-order chi connectivity index (χ1) is 8.49. The zero-order valence-electron chi connectivity index (χ0n) is 9.63. The molecule has 5 N–H and O–H groups in total. The van der Waals surface area contributed by atoms with Gasteiger partial charge in [0.05, 0.1) is 23.6 Å². The Bertz CT molecular complexity index is 585. The Morgan fingerprint density at radius 3 is 2.78 bits per heavy atom. The highest BCUT2D eigenvalue weighted by Gasteiger charge is 2.14. The molecule has 0 aliphatic carbocycles. The van der Waals surface area contributed by atoms with Crippen molar-refractivity contribution in [2.24, 2.45) is 0 Å². The monoisotopic (exact) mass is 286 g/mol. The van der Waals surface area contributed by atoms with Crippen LogP contribution in [0.2, 0.25) is 5.02 Å². The predicted molar refractivity (Wildman–Crippen MR) is 74.4 cm³/mol. The zero-order chi connectivity index (χ0) is 13.3. The molecule has 18 heavy (non-hydrogen) atoms. The lowest BCUT2D eigenvalue weighted by Crippen LogP contribution is -2.06. The van der Waals surface area contributed by atoms with E-state index in [2.05, 4.69) is 10.3 Å². The van der Waals surface area contributed by atoms with Crippen LogP contribution in [0, 0.1) is 12.7 Å². The number of anilines is 3. The summed E-state index contributed by atoms with van der Waals surface area (Å²) in [5, 5.41) is 5.53. The number of aryl methyl sites for hydroxylation is 1. The lowest BCUT2D eigenvalue weighted by molar-refractivity contribution is 0.632. The first-order valence-electron chi connectivity index (χ1n) is 5.17. The maximum atomic E-state index is 13.9. The molecule has 4 nitrogen and oxygen atoms in total. The Labute approximate surface area is 113 Å². The zero-order valence-corrected chi connectivity index (χ0v) is 11.2. The van der Waals surface area contributed by atoms with Crippen molar-refractivity contribution >= 4 is 40.0 Å². The van der Waals surface area contributed by atoms with Gasteiger partial charge in [-0.1, -0.05) is 11.6 Å². The molecule has 0 radical (unpaired) electrons. The molecule has 2 aromatic rings. The van der Waals surface area contributed by atoms with E-state index in [4.69, 9.17) is 23.1 Å². The van der Waals surface area contributed by atoms with Crippen molar-refractivity contribution in [2.75, 3.05) is 16.8 Å². The van der Waals surface area contributed by atoms with Gasteiger partial charge in [0.15, 0.2) is 5.82 Å². The quantitative estimate of drug-likeness (QED) is 0.758. The number of benzene rings is 1. The van der Waals surface area contributed by atoms with Crippen LogP contribution < -0.4 is 16.8 Å². The van der Waals surface area contributed by atoms with Gasteiger partial charge >= 0.3 is 0 Å². The first-order valence-corrected chi connectivity index (χ1v) is 6.42. The van der Waals surface area contributed by atoms with E-state index in [9.17, 15) is 4.39 Å². The second-order valence-electron chi connectivity index (χ2n) is 3.79. The fourth-order valence-corrected chi connectivity index (χ4v) is 2.35. The molecular weight excluding hydrogens is 275 g/mol. The van der Waals surface area contributed by atoms with E-state index < -0.39 is 5.82 Å². The molecule has 1 aromatic heterocycles. The van der Waals surface area contributed by atoms with Crippen LogP contribution in [0.4, 0.5) is 21.5 Å². The lowest BCUT2D eigenvalue weighted by Gasteiger charge is -2.11. The van der Waals surface area contributed by atoms with Crippen molar-refractivity contribution in [3.05, 3.63) is 33.0 Å². The van der Waals surface area contributed by atoms with Crippen LogP contribution >= 0.6 is 22.9 Å². The van der Waals surface area contributed by atoms with E-state index in [-0.39, 0.29) is 22.1 Å². The number of hydrogen-bond acceptors (Lipinski definition) is 5. The van der Waals surface area contributed by atoms with Crippen molar-refractivity contribution in [1.82, 2.24) is 4.98 Å². The molecular formula is C11H12ClFN4S. The SMILES string of the molecule is Cc1csc(CNc2c(N)cc(N)c(Cl)c2F)n1. The van der Waals surface area contributed by atoms with Gasteiger partial charge in [0, 0.05) is 11.1 Å². The van der Waals surface area contributed by atoms with Gasteiger partial charge in [0.2, 0.25) is 0 Å². The van der Waals surface area contributed by atoms with Gasteiger partial charge in [-0.2, -0.15) is 0 Å². The third-order valence-corrected chi connectivity index (χ3v) is 3.70. The van der Waals surface area contributed by atoms with Gasteiger partial charge < -0.3 is 16.8 Å². The number of hydrogen-bond donors (Lipinski definition) is 3. The number of nitrogens with zero attached hydrogens (tertiary/aromatic N) is 1. The van der Waals surface area contributed by atoms with Crippen LogP contribution in [0.25, 0.3) is 0 Å². The van der Waals surface area contributed by atoms with Gasteiger partial charge in [0.1, 0.15) is 10.0 Å². The third kappa shape index (κ3) is 2.49. The molecule has 2 rings (SSSR count). The first kappa shape index (κ1) is 12.9. The summed E-state index contributed by atoms with van der Waals surface area (Å²) in [6, 6.07) is 1.43. The number of aromatic nitrogens is 1. The number of nitrogens with one attached hydrogen (secondary N) is 1. The standard InChI is InChI=1S/C11H12ClFN4S/c1-5-4-18-8(17-5)3-16-11-7(15)2-6(14)9(12)10(11)13/h2,4,16H,3,14-15H2,1H3. The predicted octanol–water partition coefficient (Wildman–Crippen LogP) is 3.02. The molecule has 0 spiro atoms. The average molecular weight is 287 g/mol. The molecule has 96 valence electrons. The maximum absolute atomic E-state index is 13.9. The molecule has 0 fully saturated rings. The van der Waals surface area contributed by atoms with Gasteiger partial charge in [0.25, 0.3) is 0 Å². The number of nitrogens with two attached hydrogens (primary N) is 2. The molecule has 0 atom stereocenters. The third-order valence-electron chi connectivity index (χ3n) is 2.35. The van der Waals surface area contributed by atoms with E-state index in [0.29, 0.717) is 6.54 Å². The molecule has 7 heteroatoms. The van der Waals surface area contributed by atoms with Crippen LogP contribution in [-0.2, 0) is 6.54 Å². The summed E-state index contributed by atoms with van der Waals surface area (Å²) in [4.78, 5) is 4.26. The van der Waals surface area contributed by atoms with E-state index in [0.717, 1.165) is 10.7 Å². The van der Waals surface area contributed by atoms with Gasteiger partial charge in [-0.05, 0) is 13.0 Å². The summed E-state index contributed by atoms with van der Waals surface area (Å²) < 4.78 is 13.9. The highest BCUT2D eigenvalue weighted by Crippen LogP contribution is 2.33. The van der Waals surface area contributed by atoms with Crippen LogP contribution in [0.1, 0.15) is 10.7 Å². The largest absolute Gasteiger partial charge is 0.397 e. The summed E-state index contributed by atoms with van der Waals surface area (Å²) in [5.74, 6) is -0.637. The average Bonchev–Trinajstić information content (AvgIpc) is 2.72. The molecule has 0 bridgehead atoms. The highest BCUT2D eigenvalue weighted by molar-refractivity contribution is 7.09. The Balaban J connectivity index is 2.22. The topological polar surface area (TPSA) is 77.0 Å². The number of nitrogen functional groups attached to an aromatic ring is 2. The minimum atomic E-state index is -0.637. The summed E-state index contributed by atoms with van der Waals surface area (Å²) in [6.45, 7) is 2.29. The Hall–Kier alpha value is -1.53. The Kier molecular flexibility index (Phi) is 3.58. The fraction of sp³-hybridized carbons (Fsp3) is 0.182. The van der Waals surface area contributed by atoms with Gasteiger partial charge in [-0.25, -0.2) is 9.37 Å². The number of rotatable bonds is 3. The molecule has 0 saturated carbocycles. The van der Waals surface area contributed by atoms with Crippen molar-refractivity contribution in [2.45, 2.75) is 13.5 Å². The minimum absolute atomic E-state index is 0.123. The number of halogens is 2. The summed E-state index contributed by atoms with van der Waals surface area (Å²) in [6.07, 6.45) is 0. The van der Waals surface area contributed by atoms with E-state index in [1.54, 1.807) is 0 Å². The Morgan fingerprint density at radius 2 is 2.17 bits per heavy atom. The molecule has 0 aliphatic heterocycles. The van der Waals surface area contributed by atoms with Crippen LogP contribution in [0.15, 0.2) is 11.4 Å². The smallest absolute Gasteiger partial charge is 0.169 e. The molecule has 0 unspecified atom stereocenters. The fourth-order valence-electron chi connectivity index (χ4n) is 1.49. The normalized spacial score (nSPS) is 10.6. The van der Waals surface area contributed by atoms with E-state index >= 15 is 0 Å². The van der Waals surface area contributed by atoms with Crippen molar-refractivity contribution in [3.63, 3.8) is 0 Å². The number of thiazole rings is 1. The molecule has 0 aliphatic rings. The molecule has 1 aromatic carbocycles. The minimum Gasteiger partial charge on any atom is -0.397 e. The second-order valence-corrected chi connectivity index (χ2v) is 5.11. The molecule has 0 saturated heterocycles. The highest BCUT2D eigenvalue weighted by atomic mass is 35.5. The molecule has 1 heterocycles. The summed E-state index contributed by atoms with van der Waals surface area (Å²) in [5.41, 5.74) is 12.7. The second kappa shape index (κ2) is 4.99. The van der Waals surface area contributed by atoms with Crippen molar-refractivity contribution in [1.29, 1.82) is 0 Å². The van der Waals surface area contributed by atoms with Crippen LogP contribution in [0.5, 0.6) is 0 Å². The Morgan fingerprint density at radius 1 is 1.44 bits per heavy atom. The van der Waals surface area contributed by atoms with Crippen LogP contribution in [0.3, 0.4) is 0 Å². The van der Waals surface area contributed by atoms with Crippen molar-refractivity contribution in [3.8, 4) is 0 Å². The molecule has 0 amide bonds. The maximum Gasteiger partial charge on any atom is 0.169 e. The lowest BCUT2D eigenvalue weighted by atomic mass is 10.2. The summed E-state index contributed by atoms with van der Waals surface area (Å²) >= 11 is 7.23. The summed E-state index contributed by atoms with van der Waals surface area (Å²) in [7, 11) is 0. The van der Waals surface area contributed by atoms with E-state index in [1.165, 1.54) is 17.4 Å². The van der Waals surface area contributed by atoms with Crippen molar-refractivity contribution < 1.29 is 4.39 Å². The van der Waals surface area contributed by atoms with Gasteiger partial charge in [-0.3, -0.25) is 0 Å². The van der Waals surface area contributed by atoms with E-state index in [1.807, 2.05) is 12.3 Å².